The zero-order valence-electron chi connectivity index (χ0n) is 10.5. The van der Waals surface area contributed by atoms with E-state index in [1.54, 1.807) is 0 Å². The summed E-state index contributed by atoms with van der Waals surface area (Å²) in [5, 5.41) is 3.25. The van der Waals surface area contributed by atoms with E-state index in [1.807, 2.05) is 26.0 Å². The van der Waals surface area contributed by atoms with Gasteiger partial charge in [-0.25, -0.2) is 4.98 Å². The number of hydrogen-bond acceptors (Lipinski definition) is 4. The smallest absolute Gasteiger partial charge is 0.208 e. The number of nitrogens with zero attached hydrogens (tertiary/aromatic N) is 1. The van der Waals surface area contributed by atoms with Gasteiger partial charge in [-0.05, 0) is 26.0 Å². The van der Waals surface area contributed by atoms with Crippen molar-refractivity contribution < 1.29 is 8.83 Å². The Bertz CT molecular complexity index is 466. The van der Waals surface area contributed by atoms with Crippen LogP contribution >= 0.6 is 0 Å². The molecule has 0 saturated heterocycles. The second-order valence-corrected chi connectivity index (χ2v) is 4.07. The maximum Gasteiger partial charge on any atom is 0.208 e. The average Bonchev–Trinajstić information content (AvgIpc) is 2.87. The molecule has 2 rings (SSSR count). The Kier molecular flexibility index (Phi) is 3.64. The molecule has 2 heterocycles. The van der Waals surface area contributed by atoms with Crippen LogP contribution in [-0.2, 0) is 19.5 Å². The van der Waals surface area contributed by atoms with E-state index >= 15 is 0 Å². The third-order valence-electron chi connectivity index (χ3n) is 2.71. The van der Waals surface area contributed by atoms with Crippen molar-refractivity contribution in [3.8, 4) is 0 Å². The van der Waals surface area contributed by atoms with E-state index in [0.717, 1.165) is 35.3 Å². The molecule has 0 aromatic carbocycles. The summed E-state index contributed by atoms with van der Waals surface area (Å²) in [6, 6.07) is 4.01. The number of aromatic nitrogens is 1. The average molecular weight is 234 g/mol. The maximum absolute atomic E-state index is 5.59. The van der Waals surface area contributed by atoms with Crippen LogP contribution in [0.3, 0.4) is 0 Å². The minimum atomic E-state index is 0.622. The molecule has 0 unspecified atom stereocenters. The number of furan rings is 1. The fraction of sp³-hybridized carbons (Fsp3) is 0.462. The molecular formula is C13H18N2O2. The molecule has 0 atom stereocenters. The maximum atomic E-state index is 5.59. The van der Waals surface area contributed by atoms with Crippen LogP contribution in [0.15, 0.2) is 21.0 Å². The molecule has 0 fully saturated rings. The Morgan fingerprint density at radius 1 is 1.12 bits per heavy atom. The number of nitrogens with one attached hydrogen (secondary N) is 1. The summed E-state index contributed by atoms with van der Waals surface area (Å²) in [5.41, 5.74) is 0.952. The molecular weight excluding hydrogens is 216 g/mol. The zero-order valence-corrected chi connectivity index (χ0v) is 10.5. The molecule has 17 heavy (non-hydrogen) atoms. The molecule has 92 valence electrons. The SMILES string of the molecule is CCc1ccc(CNCc2nc(C)c(C)o2)o1. The second kappa shape index (κ2) is 5.19. The van der Waals surface area contributed by atoms with Gasteiger partial charge in [0.2, 0.25) is 5.89 Å². The standard InChI is InChI=1S/C13H18N2O2/c1-4-11-5-6-12(17-11)7-14-8-13-15-9(2)10(3)16-13/h5-6,14H,4,7-8H2,1-3H3. The van der Waals surface area contributed by atoms with Crippen molar-refractivity contribution in [2.75, 3.05) is 0 Å². The number of hydrogen-bond donors (Lipinski definition) is 1. The van der Waals surface area contributed by atoms with Gasteiger partial charge in [0.15, 0.2) is 0 Å². The van der Waals surface area contributed by atoms with Crippen LogP contribution in [0.25, 0.3) is 0 Å². The van der Waals surface area contributed by atoms with E-state index < -0.39 is 0 Å². The minimum absolute atomic E-state index is 0.622. The molecule has 0 saturated carbocycles. The van der Waals surface area contributed by atoms with Crippen molar-refractivity contribution in [1.29, 1.82) is 0 Å². The molecule has 1 N–H and O–H groups in total. The lowest BCUT2D eigenvalue weighted by Crippen LogP contribution is -2.12. The first-order valence-electron chi connectivity index (χ1n) is 5.90. The van der Waals surface area contributed by atoms with Crippen molar-refractivity contribution in [3.05, 3.63) is 41.0 Å². The summed E-state index contributed by atoms with van der Waals surface area (Å²) in [7, 11) is 0. The van der Waals surface area contributed by atoms with Gasteiger partial charge < -0.3 is 14.2 Å². The number of rotatable bonds is 5. The van der Waals surface area contributed by atoms with Crippen molar-refractivity contribution in [2.24, 2.45) is 0 Å². The Labute approximate surface area is 101 Å². The first-order valence-corrected chi connectivity index (χ1v) is 5.90. The molecule has 0 bridgehead atoms. The van der Waals surface area contributed by atoms with E-state index in [9.17, 15) is 0 Å². The number of oxazole rings is 1. The van der Waals surface area contributed by atoms with Gasteiger partial charge in [0.05, 0.1) is 18.8 Å². The van der Waals surface area contributed by atoms with Crippen molar-refractivity contribution >= 4 is 0 Å². The minimum Gasteiger partial charge on any atom is -0.465 e. The quantitative estimate of drug-likeness (QED) is 0.864. The topological polar surface area (TPSA) is 51.2 Å². The Morgan fingerprint density at radius 3 is 2.47 bits per heavy atom. The summed E-state index contributed by atoms with van der Waals surface area (Å²) < 4.78 is 11.1. The highest BCUT2D eigenvalue weighted by atomic mass is 16.4. The van der Waals surface area contributed by atoms with Gasteiger partial charge in [-0.2, -0.15) is 0 Å². The van der Waals surface area contributed by atoms with Crippen LogP contribution in [0, 0.1) is 13.8 Å². The van der Waals surface area contributed by atoms with E-state index in [2.05, 4.69) is 17.2 Å². The molecule has 0 aliphatic rings. The summed E-state index contributed by atoms with van der Waals surface area (Å²) >= 11 is 0. The lowest BCUT2D eigenvalue weighted by atomic mass is 10.3. The van der Waals surface area contributed by atoms with Gasteiger partial charge in [-0.15, -0.1) is 0 Å². The molecule has 2 aromatic heterocycles. The zero-order chi connectivity index (χ0) is 12.3. The molecule has 0 spiro atoms. The first kappa shape index (κ1) is 11.9. The van der Waals surface area contributed by atoms with Crippen LogP contribution < -0.4 is 5.32 Å². The van der Waals surface area contributed by atoms with Gasteiger partial charge >= 0.3 is 0 Å². The molecule has 2 aromatic rings. The summed E-state index contributed by atoms with van der Waals surface area (Å²) in [6.07, 6.45) is 0.929. The van der Waals surface area contributed by atoms with Crippen molar-refractivity contribution in [2.45, 2.75) is 40.3 Å². The molecule has 0 aliphatic carbocycles. The third kappa shape index (κ3) is 2.97. The highest BCUT2D eigenvalue weighted by Crippen LogP contribution is 2.10. The van der Waals surface area contributed by atoms with E-state index in [0.29, 0.717) is 13.1 Å². The third-order valence-corrected chi connectivity index (χ3v) is 2.71. The first-order chi connectivity index (χ1) is 8.19. The van der Waals surface area contributed by atoms with Gasteiger partial charge in [0.1, 0.15) is 17.3 Å². The Balaban J connectivity index is 1.83. The normalized spacial score (nSPS) is 11.0. The fourth-order valence-corrected chi connectivity index (χ4v) is 1.61. The predicted molar refractivity (Wildman–Crippen MR) is 64.6 cm³/mol. The molecule has 0 aliphatic heterocycles. The van der Waals surface area contributed by atoms with E-state index in [4.69, 9.17) is 8.83 Å². The highest BCUT2D eigenvalue weighted by Gasteiger charge is 2.05. The second-order valence-electron chi connectivity index (χ2n) is 4.07. The summed E-state index contributed by atoms with van der Waals surface area (Å²) in [5.74, 6) is 3.57. The van der Waals surface area contributed by atoms with Crippen molar-refractivity contribution in [3.63, 3.8) is 0 Å². The molecule has 4 nitrogen and oxygen atoms in total. The van der Waals surface area contributed by atoms with Crippen LogP contribution in [0.2, 0.25) is 0 Å². The number of aryl methyl sites for hydroxylation is 3. The van der Waals surface area contributed by atoms with Crippen LogP contribution in [-0.4, -0.2) is 4.98 Å². The van der Waals surface area contributed by atoms with Crippen LogP contribution in [0.4, 0.5) is 0 Å². The van der Waals surface area contributed by atoms with Gasteiger partial charge in [0.25, 0.3) is 0 Å². The monoisotopic (exact) mass is 234 g/mol. The fourth-order valence-electron chi connectivity index (χ4n) is 1.61. The van der Waals surface area contributed by atoms with Gasteiger partial charge in [-0.1, -0.05) is 6.92 Å². The molecule has 0 radical (unpaired) electrons. The van der Waals surface area contributed by atoms with Gasteiger partial charge in [0, 0.05) is 6.42 Å². The predicted octanol–water partition coefficient (Wildman–Crippen LogP) is 2.74. The van der Waals surface area contributed by atoms with Crippen LogP contribution in [0.1, 0.15) is 35.8 Å². The highest BCUT2D eigenvalue weighted by molar-refractivity contribution is 5.07. The van der Waals surface area contributed by atoms with E-state index in [1.165, 1.54) is 0 Å². The Hall–Kier alpha value is -1.55. The lowest BCUT2D eigenvalue weighted by molar-refractivity contribution is 0.421. The summed E-state index contributed by atoms with van der Waals surface area (Å²) in [4.78, 5) is 4.30. The lowest BCUT2D eigenvalue weighted by Gasteiger charge is -1.98. The van der Waals surface area contributed by atoms with Crippen LogP contribution in [0.5, 0.6) is 0 Å². The largest absolute Gasteiger partial charge is 0.465 e. The molecule has 4 heteroatoms. The van der Waals surface area contributed by atoms with Crippen molar-refractivity contribution in [1.82, 2.24) is 10.3 Å². The van der Waals surface area contributed by atoms with E-state index in [-0.39, 0.29) is 0 Å². The van der Waals surface area contributed by atoms with Gasteiger partial charge in [-0.3, -0.25) is 0 Å². The Morgan fingerprint density at radius 2 is 1.88 bits per heavy atom. The summed E-state index contributed by atoms with van der Waals surface area (Å²) in [6.45, 7) is 7.26. The molecule has 0 amide bonds.